The van der Waals surface area contributed by atoms with Gasteiger partial charge in [-0.1, -0.05) is 0 Å². The summed E-state index contributed by atoms with van der Waals surface area (Å²) in [6.45, 7) is 3.06. The van der Waals surface area contributed by atoms with Crippen LogP contribution in [0.1, 0.15) is 50.2 Å². The molecule has 0 unspecified atom stereocenters. The number of methoxy groups -OCH3 is 1. The first-order valence-corrected chi connectivity index (χ1v) is 12.4. The van der Waals surface area contributed by atoms with E-state index >= 15 is 4.39 Å². The number of anilines is 3. The molecule has 1 aliphatic heterocycles. The van der Waals surface area contributed by atoms with Crippen molar-refractivity contribution in [1.29, 1.82) is 0 Å². The Morgan fingerprint density at radius 1 is 1.24 bits per heavy atom. The van der Waals surface area contributed by atoms with E-state index in [1.807, 2.05) is 4.90 Å². The Kier molecular flexibility index (Phi) is 6.72. The molecule has 1 aromatic carbocycles. The van der Waals surface area contributed by atoms with Crippen LogP contribution in [0.2, 0.25) is 0 Å². The summed E-state index contributed by atoms with van der Waals surface area (Å²) in [5.41, 5.74) is 7.85. The number of amides is 1. The summed E-state index contributed by atoms with van der Waals surface area (Å²) in [7, 11) is 2.86. The first-order chi connectivity index (χ1) is 17.8. The number of benzene rings is 1. The van der Waals surface area contributed by atoms with Gasteiger partial charge in [0.15, 0.2) is 11.4 Å². The van der Waals surface area contributed by atoms with Crippen molar-refractivity contribution in [3.05, 3.63) is 46.9 Å². The van der Waals surface area contributed by atoms with Gasteiger partial charge < -0.3 is 30.4 Å². The number of hydrogen-bond acceptors (Lipinski definition) is 7. The lowest BCUT2D eigenvalue weighted by Crippen LogP contribution is -2.44. The fraction of sp³-hybridized carbons (Fsp3) is 0.423. The molecule has 0 bridgehead atoms. The average Bonchev–Trinajstić information content (AvgIpc) is 3.60. The van der Waals surface area contributed by atoms with Gasteiger partial charge in [0.2, 0.25) is 5.82 Å². The maximum atomic E-state index is 15.6. The van der Waals surface area contributed by atoms with Crippen LogP contribution >= 0.6 is 0 Å². The third-order valence-electron chi connectivity index (χ3n) is 6.91. The molecule has 9 nitrogen and oxygen atoms in total. The van der Waals surface area contributed by atoms with Crippen molar-refractivity contribution < 1.29 is 21.2 Å². The third-order valence-corrected chi connectivity index (χ3v) is 6.91. The highest BCUT2D eigenvalue weighted by Gasteiger charge is 2.30. The molecule has 3 aromatic rings. The molecule has 3 heterocycles. The standard InChI is InChI=1S/C26H31F2N7O2.2H2/c1-14-12-35-13-20(24(37-3)21(28)25(35)31-14)33-26(36)17-10-19(27)23(18(11-30-2)22(17)29)34-8-6-16(7-9-34)32-15-4-5-15;;/h10-13,15-16,32H,4-9,29H2,1-3H3,(H,33,36);2*1H. The smallest absolute Gasteiger partial charge is 0.258 e. The van der Waals surface area contributed by atoms with E-state index in [9.17, 15) is 9.18 Å². The highest BCUT2D eigenvalue weighted by Crippen LogP contribution is 2.35. The van der Waals surface area contributed by atoms with Crippen LogP contribution in [0.5, 0.6) is 5.75 Å². The number of nitrogens with zero attached hydrogens (tertiary/aromatic N) is 4. The molecule has 0 radical (unpaired) electrons. The van der Waals surface area contributed by atoms with Gasteiger partial charge in [-0.25, -0.2) is 9.37 Å². The maximum Gasteiger partial charge on any atom is 0.258 e. The number of piperidine rings is 1. The molecule has 0 atom stereocenters. The summed E-state index contributed by atoms with van der Waals surface area (Å²) in [4.78, 5) is 23.4. The van der Waals surface area contributed by atoms with E-state index in [0.717, 1.165) is 18.9 Å². The quantitative estimate of drug-likeness (QED) is 0.324. The SMILES string of the molecule is CN=Cc1c(N)c(C(=O)Nc2cn3cc(C)nc3c(F)c2OC)cc(F)c1N1CCC(NC2CC2)CC1.[HH].[HH]. The number of rotatable bonds is 7. The summed E-state index contributed by atoms with van der Waals surface area (Å²) in [5, 5.41) is 6.26. The topological polar surface area (TPSA) is 109 Å². The number of nitrogens with one attached hydrogen (secondary N) is 2. The molecule has 1 saturated carbocycles. The molecule has 1 amide bonds. The van der Waals surface area contributed by atoms with Crippen LogP contribution in [-0.4, -0.2) is 60.8 Å². The van der Waals surface area contributed by atoms with Gasteiger partial charge in [0.1, 0.15) is 11.5 Å². The number of carbonyl (C=O) groups is 1. The first-order valence-electron chi connectivity index (χ1n) is 12.4. The second-order valence-corrected chi connectivity index (χ2v) is 9.63. The van der Waals surface area contributed by atoms with Gasteiger partial charge >= 0.3 is 0 Å². The van der Waals surface area contributed by atoms with Crippen LogP contribution in [0.3, 0.4) is 0 Å². The van der Waals surface area contributed by atoms with E-state index < -0.39 is 17.5 Å². The van der Waals surface area contributed by atoms with E-state index in [-0.39, 0.29) is 31.2 Å². The number of aryl methyl sites for hydroxylation is 1. The van der Waals surface area contributed by atoms with Gasteiger partial charge in [0.25, 0.3) is 5.91 Å². The number of hydrogen-bond donors (Lipinski definition) is 3. The van der Waals surface area contributed by atoms with Gasteiger partial charge in [0, 0.05) is 59.2 Å². The molecule has 4 N–H and O–H groups in total. The van der Waals surface area contributed by atoms with Crippen LogP contribution in [0.15, 0.2) is 23.5 Å². The number of nitrogen functional groups attached to an aromatic ring is 1. The van der Waals surface area contributed by atoms with Gasteiger partial charge in [-0.15, -0.1) is 0 Å². The lowest BCUT2D eigenvalue weighted by atomic mass is 9.99. The highest BCUT2D eigenvalue weighted by atomic mass is 19.1. The highest BCUT2D eigenvalue weighted by molar-refractivity contribution is 6.12. The number of nitrogens with two attached hydrogens (primary N) is 1. The molecule has 11 heteroatoms. The summed E-state index contributed by atoms with van der Waals surface area (Å²) < 4.78 is 37.2. The monoisotopic (exact) mass is 515 g/mol. The molecule has 2 aliphatic rings. The minimum atomic E-state index is -0.721. The van der Waals surface area contributed by atoms with Crippen molar-refractivity contribution in [2.24, 2.45) is 4.99 Å². The largest absolute Gasteiger partial charge is 0.491 e. The number of imidazole rings is 1. The predicted molar refractivity (Wildman–Crippen MR) is 144 cm³/mol. The van der Waals surface area contributed by atoms with Crippen LogP contribution in [0.4, 0.5) is 25.8 Å². The van der Waals surface area contributed by atoms with Crippen molar-refractivity contribution in [1.82, 2.24) is 14.7 Å². The minimum Gasteiger partial charge on any atom is -0.491 e. The Hall–Kier alpha value is -3.73. The molecular formula is C26H35F2N7O2. The summed E-state index contributed by atoms with van der Waals surface area (Å²) >= 11 is 0. The fourth-order valence-electron chi connectivity index (χ4n) is 4.97. The van der Waals surface area contributed by atoms with E-state index in [1.54, 1.807) is 20.2 Å². The van der Waals surface area contributed by atoms with E-state index in [1.165, 1.54) is 36.8 Å². The Balaban J connectivity index is 0.00000210. The van der Waals surface area contributed by atoms with Gasteiger partial charge in [0.05, 0.1) is 29.7 Å². The van der Waals surface area contributed by atoms with Gasteiger partial charge in [-0.3, -0.25) is 9.79 Å². The molecule has 37 heavy (non-hydrogen) atoms. The molecule has 5 rings (SSSR count). The van der Waals surface area contributed by atoms with Crippen molar-refractivity contribution in [3.63, 3.8) is 0 Å². The number of fused-ring (bicyclic) bond motifs is 1. The van der Waals surface area contributed by atoms with E-state index in [4.69, 9.17) is 10.5 Å². The van der Waals surface area contributed by atoms with E-state index in [2.05, 4.69) is 20.6 Å². The van der Waals surface area contributed by atoms with Crippen LogP contribution in [0, 0.1) is 18.6 Å². The zero-order chi connectivity index (χ0) is 26.3. The molecule has 2 aromatic heterocycles. The van der Waals surface area contributed by atoms with Crippen LogP contribution in [-0.2, 0) is 0 Å². The van der Waals surface area contributed by atoms with Crippen molar-refractivity contribution in [2.45, 2.75) is 44.7 Å². The molecule has 200 valence electrons. The minimum absolute atomic E-state index is 0. The lowest BCUT2D eigenvalue weighted by molar-refractivity contribution is 0.102. The first kappa shape index (κ1) is 24.9. The second-order valence-electron chi connectivity index (χ2n) is 9.63. The Labute approximate surface area is 216 Å². The molecular weight excluding hydrogens is 480 g/mol. The predicted octanol–water partition coefficient (Wildman–Crippen LogP) is 4.03. The molecule has 1 aliphatic carbocycles. The number of carbonyl (C=O) groups excluding carboxylic acids is 1. The Bertz CT molecular complexity index is 1390. The Morgan fingerprint density at radius 3 is 2.59 bits per heavy atom. The fourth-order valence-corrected chi connectivity index (χ4v) is 4.97. The molecule has 1 saturated heterocycles. The van der Waals surface area contributed by atoms with Crippen LogP contribution in [0.25, 0.3) is 5.65 Å². The summed E-state index contributed by atoms with van der Waals surface area (Å²) in [6, 6.07) is 2.17. The zero-order valence-electron chi connectivity index (χ0n) is 21.1. The number of aliphatic imine (C=N–C) groups is 1. The van der Waals surface area contributed by atoms with Crippen molar-refractivity contribution in [3.8, 4) is 5.75 Å². The molecule has 0 spiro atoms. The maximum absolute atomic E-state index is 15.6. The van der Waals surface area contributed by atoms with Gasteiger partial charge in [-0.2, -0.15) is 4.39 Å². The van der Waals surface area contributed by atoms with E-state index in [0.29, 0.717) is 42.1 Å². The number of halogens is 2. The zero-order valence-corrected chi connectivity index (χ0v) is 21.1. The molecule has 2 fully saturated rings. The third kappa shape index (κ3) is 4.83. The van der Waals surface area contributed by atoms with Crippen molar-refractivity contribution >= 4 is 34.8 Å². The summed E-state index contributed by atoms with van der Waals surface area (Å²) in [5.74, 6) is -2.17. The number of aromatic nitrogens is 2. The lowest BCUT2D eigenvalue weighted by Gasteiger charge is -2.35. The number of ether oxygens (including phenoxy) is 1. The van der Waals surface area contributed by atoms with Crippen LogP contribution < -0.4 is 26.0 Å². The second kappa shape index (κ2) is 9.97. The van der Waals surface area contributed by atoms with Crippen molar-refractivity contribution in [2.75, 3.05) is 43.2 Å². The average molecular weight is 516 g/mol. The summed E-state index contributed by atoms with van der Waals surface area (Å²) in [6.07, 6.45) is 8.81. The number of pyridine rings is 1. The van der Waals surface area contributed by atoms with Gasteiger partial charge in [-0.05, 0) is 38.7 Å². The Morgan fingerprint density at radius 2 is 1.95 bits per heavy atom. The normalized spacial score (nSPS) is 16.6.